The van der Waals surface area contributed by atoms with Crippen molar-refractivity contribution in [3.63, 3.8) is 0 Å². The average molecular weight is 413 g/mol. The molecule has 1 fully saturated rings. The van der Waals surface area contributed by atoms with Crippen molar-refractivity contribution < 1.29 is 13.2 Å². The molecule has 0 heterocycles. The van der Waals surface area contributed by atoms with Crippen LogP contribution < -0.4 is 0 Å². The third-order valence-corrected chi connectivity index (χ3v) is 7.08. The molecular formula is C27H31F3. The van der Waals surface area contributed by atoms with E-state index < -0.39 is 17.5 Å². The Morgan fingerprint density at radius 2 is 1.53 bits per heavy atom. The van der Waals surface area contributed by atoms with E-state index in [1.165, 1.54) is 80.9 Å². The Kier molecular flexibility index (Phi) is 6.65. The second kappa shape index (κ2) is 9.41. The van der Waals surface area contributed by atoms with Gasteiger partial charge in [-0.05, 0) is 72.4 Å². The zero-order valence-electron chi connectivity index (χ0n) is 17.8. The lowest BCUT2D eigenvalue weighted by atomic mass is 9.77. The summed E-state index contributed by atoms with van der Waals surface area (Å²) in [5, 5.41) is 0. The van der Waals surface area contributed by atoms with Crippen molar-refractivity contribution in [2.75, 3.05) is 0 Å². The van der Waals surface area contributed by atoms with Crippen LogP contribution in [0.3, 0.4) is 0 Å². The van der Waals surface area contributed by atoms with E-state index in [-0.39, 0.29) is 5.56 Å². The monoisotopic (exact) mass is 412 g/mol. The Hall–Kier alpha value is -2.03. The number of allylic oxidation sites excluding steroid dienone is 1. The number of fused-ring (bicyclic) bond motifs is 1. The topological polar surface area (TPSA) is 0 Å². The first-order valence-electron chi connectivity index (χ1n) is 11.5. The van der Waals surface area contributed by atoms with Gasteiger partial charge in [-0.25, -0.2) is 13.2 Å². The van der Waals surface area contributed by atoms with Crippen LogP contribution in [0.1, 0.15) is 75.8 Å². The van der Waals surface area contributed by atoms with Gasteiger partial charge in [-0.1, -0.05) is 69.2 Å². The largest absolute Gasteiger partial charge is 0.207 e. The number of benzene rings is 2. The molecule has 0 unspecified atom stereocenters. The maximum atomic E-state index is 15.1. The third kappa shape index (κ3) is 4.66. The Morgan fingerprint density at radius 3 is 2.20 bits per heavy atom. The van der Waals surface area contributed by atoms with Crippen molar-refractivity contribution in [2.24, 2.45) is 11.8 Å². The molecule has 0 nitrogen and oxygen atoms in total. The molecule has 2 aliphatic rings. The van der Waals surface area contributed by atoms with Crippen LogP contribution in [0.15, 0.2) is 35.9 Å². The van der Waals surface area contributed by atoms with Crippen molar-refractivity contribution in [1.82, 2.24) is 0 Å². The van der Waals surface area contributed by atoms with Crippen LogP contribution in [-0.2, 0) is 6.42 Å². The second-order valence-corrected chi connectivity index (χ2v) is 9.14. The predicted octanol–water partition coefficient (Wildman–Crippen LogP) is 8.49. The van der Waals surface area contributed by atoms with Crippen molar-refractivity contribution in [3.8, 4) is 11.1 Å². The molecule has 0 bridgehead atoms. The lowest BCUT2D eigenvalue weighted by Crippen LogP contribution is -2.15. The van der Waals surface area contributed by atoms with Gasteiger partial charge in [-0.15, -0.1) is 0 Å². The molecular weight excluding hydrogens is 381 g/mol. The lowest BCUT2D eigenvalue weighted by Gasteiger charge is -2.29. The lowest BCUT2D eigenvalue weighted by molar-refractivity contribution is 0.252. The van der Waals surface area contributed by atoms with Crippen molar-refractivity contribution in [2.45, 2.75) is 71.1 Å². The molecule has 0 radical (unpaired) electrons. The average Bonchev–Trinajstić information content (AvgIpc) is 2.74. The Labute approximate surface area is 178 Å². The minimum Gasteiger partial charge on any atom is -0.207 e. The number of halogens is 3. The molecule has 4 rings (SSSR count). The summed E-state index contributed by atoms with van der Waals surface area (Å²) in [6, 6.07) is 6.79. The highest BCUT2D eigenvalue weighted by atomic mass is 19.1. The van der Waals surface area contributed by atoms with Crippen LogP contribution in [0.25, 0.3) is 17.2 Å². The Bertz CT molecular complexity index is 903. The molecule has 0 saturated heterocycles. The Balaban J connectivity index is 1.45. The number of hydrogen-bond donors (Lipinski definition) is 0. The van der Waals surface area contributed by atoms with Crippen molar-refractivity contribution >= 4 is 6.08 Å². The van der Waals surface area contributed by atoms with E-state index in [0.29, 0.717) is 23.1 Å². The van der Waals surface area contributed by atoms with Gasteiger partial charge in [0.15, 0.2) is 0 Å². The first-order chi connectivity index (χ1) is 14.5. The molecule has 2 aromatic rings. The number of hydrogen-bond acceptors (Lipinski definition) is 0. The molecule has 2 aliphatic carbocycles. The maximum Gasteiger partial charge on any atom is 0.137 e. The summed E-state index contributed by atoms with van der Waals surface area (Å²) in [4.78, 5) is 0. The van der Waals surface area contributed by atoms with E-state index >= 15 is 4.39 Å². The van der Waals surface area contributed by atoms with Gasteiger partial charge in [-0.2, -0.15) is 0 Å². The first kappa shape index (κ1) is 21.2. The summed E-state index contributed by atoms with van der Waals surface area (Å²) in [5.41, 5.74) is 2.90. The van der Waals surface area contributed by atoms with E-state index in [9.17, 15) is 8.78 Å². The fourth-order valence-electron chi connectivity index (χ4n) is 5.32. The smallest absolute Gasteiger partial charge is 0.137 e. The molecule has 0 spiro atoms. The predicted molar refractivity (Wildman–Crippen MR) is 118 cm³/mol. The summed E-state index contributed by atoms with van der Waals surface area (Å²) >= 11 is 0. The standard InChI is InChI=1S/C27H31F3/c1-2-3-18-4-6-19(7-5-18)8-9-20-10-15-24-22(16-20)17-25(29)26(27(24)30)21-11-13-23(28)14-12-21/h11-14,16-19H,2-10,15H2,1H3. The fourth-order valence-corrected chi connectivity index (χ4v) is 5.32. The van der Waals surface area contributed by atoms with Crippen LogP contribution in [0, 0.1) is 29.3 Å². The van der Waals surface area contributed by atoms with E-state index in [1.807, 2.05) is 6.08 Å². The first-order valence-corrected chi connectivity index (χ1v) is 11.5. The quantitative estimate of drug-likeness (QED) is 0.446. The van der Waals surface area contributed by atoms with E-state index in [4.69, 9.17) is 0 Å². The molecule has 0 amide bonds. The van der Waals surface area contributed by atoms with Crippen LogP contribution in [-0.4, -0.2) is 0 Å². The molecule has 30 heavy (non-hydrogen) atoms. The highest BCUT2D eigenvalue weighted by Gasteiger charge is 2.24. The van der Waals surface area contributed by atoms with E-state index in [1.54, 1.807) is 0 Å². The third-order valence-electron chi connectivity index (χ3n) is 7.08. The van der Waals surface area contributed by atoms with Gasteiger partial charge in [0.05, 0.1) is 5.56 Å². The molecule has 160 valence electrons. The molecule has 1 saturated carbocycles. The summed E-state index contributed by atoms with van der Waals surface area (Å²) in [6.07, 6.45) is 13.7. The normalized spacial score (nSPS) is 21.3. The van der Waals surface area contributed by atoms with Gasteiger partial charge in [0.25, 0.3) is 0 Å². The van der Waals surface area contributed by atoms with Gasteiger partial charge >= 0.3 is 0 Å². The zero-order chi connectivity index (χ0) is 21.1. The van der Waals surface area contributed by atoms with Gasteiger partial charge in [0.2, 0.25) is 0 Å². The SMILES string of the molecule is CCCC1CCC(CCC2=Cc3cc(F)c(-c4ccc(F)cc4)c(F)c3CC2)CC1. The van der Waals surface area contributed by atoms with Crippen LogP contribution in [0.2, 0.25) is 0 Å². The zero-order valence-corrected chi connectivity index (χ0v) is 17.8. The highest BCUT2D eigenvalue weighted by Crippen LogP contribution is 2.38. The molecule has 0 aliphatic heterocycles. The fraction of sp³-hybridized carbons (Fsp3) is 0.481. The molecule has 0 atom stereocenters. The molecule has 3 heteroatoms. The van der Waals surface area contributed by atoms with Crippen LogP contribution in [0.4, 0.5) is 13.2 Å². The molecule has 0 N–H and O–H groups in total. The minimum absolute atomic E-state index is 0.0468. The Morgan fingerprint density at radius 1 is 0.867 bits per heavy atom. The van der Waals surface area contributed by atoms with Crippen LogP contribution >= 0.6 is 0 Å². The maximum absolute atomic E-state index is 15.1. The minimum atomic E-state index is -0.579. The molecule has 0 aromatic heterocycles. The van der Waals surface area contributed by atoms with Gasteiger partial charge < -0.3 is 0 Å². The van der Waals surface area contributed by atoms with Gasteiger partial charge in [0.1, 0.15) is 17.5 Å². The summed E-state index contributed by atoms with van der Waals surface area (Å²) < 4.78 is 43.1. The van der Waals surface area contributed by atoms with Crippen molar-refractivity contribution in [3.05, 3.63) is 64.5 Å². The van der Waals surface area contributed by atoms with E-state index in [0.717, 1.165) is 24.7 Å². The second-order valence-electron chi connectivity index (χ2n) is 9.14. The summed E-state index contributed by atoms with van der Waals surface area (Å²) in [7, 11) is 0. The van der Waals surface area contributed by atoms with Gasteiger partial charge in [-0.3, -0.25) is 0 Å². The van der Waals surface area contributed by atoms with Gasteiger partial charge in [0, 0.05) is 0 Å². The summed E-state index contributed by atoms with van der Waals surface area (Å²) in [6.45, 7) is 2.27. The highest BCUT2D eigenvalue weighted by molar-refractivity contribution is 5.71. The summed E-state index contributed by atoms with van der Waals surface area (Å²) in [5.74, 6) is 0.234. The van der Waals surface area contributed by atoms with Crippen molar-refractivity contribution in [1.29, 1.82) is 0 Å². The van der Waals surface area contributed by atoms with E-state index in [2.05, 4.69) is 6.92 Å². The molecule has 2 aromatic carbocycles. The van der Waals surface area contributed by atoms with Crippen LogP contribution in [0.5, 0.6) is 0 Å². The number of rotatable bonds is 6.